The predicted octanol–water partition coefficient (Wildman–Crippen LogP) is 8.04. The number of hydrogen-bond acceptors (Lipinski definition) is 5. The van der Waals surface area contributed by atoms with E-state index in [2.05, 4.69) is 27.5 Å². The van der Waals surface area contributed by atoms with Gasteiger partial charge in [-0.1, -0.05) is 31.9 Å². The fourth-order valence-electron chi connectivity index (χ4n) is 4.14. The van der Waals surface area contributed by atoms with Gasteiger partial charge in [0.1, 0.15) is 17.1 Å². The molecule has 2 N–H and O–H groups in total. The fourth-order valence-corrected chi connectivity index (χ4v) is 4.14. The van der Waals surface area contributed by atoms with Crippen molar-refractivity contribution in [3.05, 3.63) is 65.9 Å². The third-order valence-corrected chi connectivity index (χ3v) is 6.10. The topological polar surface area (TPSA) is 59.1 Å². The third-order valence-electron chi connectivity index (χ3n) is 6.10. The van der Waals surface area contributed by atoms with Crippen LogP contribution in [-0.4, -0.2) is 16.1 Å². The quantitative estimate of drug-likeness (QED) is 0.322. The number of ether oxygens (including phenoxy) is 1. The Morgan fingerprint density at radius 1 is 0.914 bits per heavy atom. The van der Waals surface area contributed by atoms with Crippen molar-refractivity contribution in [2.45, 2.75) is 70.6 Å². The second kappa shape index (κ2) is 11.4. The summed E-state index contributed by atoms with van der Waals surface area (Å²) < 4.78 is 46.9. The first-order chi connectivity index (χ1) is 16.9. The van der Waals surface area contributed by atoms with E-state index < -0.39 is 11.7 Å². The molecular formula is C27H31F3N4O. The summed E-state index contributed by atoms with van der Waals surface area (Å²) in [5.74, 6) is 0.487. The van der Waals surface area contributed by atoms with Gasteiger partial charge in [0.15, 0.2) is 0 Å². The second-order valence-corrected chi connectivity index (χ2v) is 8.91. The monoisotopic (exact) mass is 484 g/mol. The molecule has 186 valence electrons. The Labute approximate surface area is 204 Å². The number of aromatic nitrogens is 2. The highest BCUT2D eigenvalue weighted by Crippen LogP contribution is 2.35. The van der Waals surface area contributed by atoms with Gasteiger partial charge in [-0.25, -0.2) is 4.98 Å². The molecule has 1 aliphatic rings. The van der Waals surface area contributed by atoms with Crippen molar-refractivity contribution >= 4 is 23.1 Å². The SMILES string of the molecule is CCCCc1ccc(Nc2ncc(C(F)(F)F)c(Nc3ccc(OC4CCCCC4)cc3)n2)cc1. The van der Waals surface area contributed by atoms with Gasteiger partial charge in [-0.2, -0.15) is 18.2 Å². The number of halogens is 3. The van der Waals surface area contributed by atoms with Gasteiger partial charge in [0.2, 0.25) is 5.95 Å². The third kappa shape index (κ3) is 7.10. The van der Waals surface area contributed by atoms with Gasteiger partial charge >= 0.3 is 6.18 Å². The summed E-state index contributed by atoms with van der Waals surface area (Å²) in [6.07, 6.45) is 5.27. The molecule has 2 aromatic carbocycles. The zero-order valence-corrected chi connectivity index (χ0v) is 19.9. The number of alkyl halides is 3. The van der Waals surface area contributed by atoms with Gasteiger partial charge in [0.25, 0.3) is 0 Å². The van der Waals surface area contributed by atoms with Gasteiger partial charge < -0.3 is 15.4 Å². The van der Waals surface area contributed by atoms with Crippen LogP contribution < -0.4 is 15.4 Å². The average molecular weight is 485 g/mol. The normalized spacial score (nSPS) is 14.5. The Morgan fingerprint density at radius 2 is 1.57 bits per heavy atom. The number of aryl methyl sites for hydroxylation is 1. The first kappa shape index (κ1) is 24.8. The molecule has 0 aliphatic heterocycles. The van der Waals surface area contributed by atoms with E-state index in [1.54, 1.807) is 24.3 Å². The summed E-state index contributed by atoms with van der Waals surface area (Å²) in [6, 6.07) is 14.7. The van der Waals surface area contributed by atoms with Crippen LogP contribution >= 0.6 is 0 Å². The Bertz CT molecular complexity index is 1080. The molecule has 0 radical (unpaired) electrons. The molecular weight excluding hydrogens is 453 g/mol. The molecule has 35 heavy (non-hydrogen) atoms. The molecule has 1 aromatic heterocycles. The Kier molecular flexibility index (Phi) is 8.10. The van der Waals surface area contributed by atoms with Crippen LogP contribution in [0.1, 0.15) is 63.0 Å². The van der Waals surface area contributed by atoms with E-state index in [1.807, 2.05) is 24.3 Å². The van der Waals surface area contributed by atoms with E-state index in [4.69, 9.17) is 4.74 Å². The van der Waals surface area contributed by atoms with Gasteiger partial charge in [-0.05, 0) is 80.5 Å². The lowest BCUT2D eigenvalue weighted by Crippen LogP contribution is -2.19. The van der Waals surface area contributed by atoms with Crippen LogP contribution in [0.15, 0.2) is 54.7 Å². The predicted molar refractivity (Wildman–Crippen MR) is 133 cm³/mol. The van der Waals surface area contributed by atoms with Gasteiger partial charge in [0, 0.05) is 17.6 Å². The molecule has 5 nitrogen and oxygen atoms in total. The summed E-state index contributed by atoms with van der Waals surface area (Å²) in [7, 11) is 0. The molecule has 0 amide bonds. The zero-order chi connectivity index (χ0) is 24.7. The average Bonchev–Trinajstić information content (AvgIpc) is 2.85. The molecule has 3 aromatic rings. The molecule has 1 fully saturated rings. The summed E-state index contributed by atoms with van der Waals surface area (Å²) in [5.41, 5.74) is 1.47. The summed E-state index contributed by atoms with van der Waals surface area (Å²) >= 11 is 0. The summed E-state index contributed by atoms with van der Waals surface area (Å²) in [5, 5.41) is 5.80. The lowest BCUT2D eigenvalue weighted by molar-refractivity contribution is -0.137. The highest BCUT2D eigenvalue weighted by atomic mass is 19.4. The molecule has 0 unspecified atom stereocenters. The highest BCUT2D eigenvalue weighted by molar-refractivity contribution is 5.63. The van der Waals surface area contributed by atoms with Crippen molar-refractivity contribution in [2.75, 3.05) is 10.6 Å². The maximum Gasteiger partial charge on any atom is 0.421 e. The number of nitrogens with zero attached hydrogens (tertiary/aromatic N) is 2. The van der Waals surface area contributed by atoms with Crippen molar-refractivity contribution in [1.82, 2.24) is 9.97 Å². The minimum Gasteiger partial charge on any atom is -0.490 e. The largest absolute Gasteiger partial charge is 0.490 e. The summed E-state index contributed by atoms with van der Waals surface area (Å²) in [4.78, 5) is 8.02. The Balaban J connectivity index is 1.48. The van der Waals surface area contributed by atoms with Crippen LogP contribution in [0.3, 0.4) is 0 Å². The maximum atomic E-state index is 13.6. The van der Waals surface area contributed by atoms with Crippen LogP contribution in [0.5, 0.6) is 5.75 Å². The molecule has 0 atom stereocenters. The standard InChI is InChI=1S/C27H31F3N4O/c1-2-3-7-19-10-12-21(13-11-19)33-26-31-18-24(27(28,29)30)25(34-26)32-20-14-16-23(17-15-20)35-22-8-5-4-6-9-22/h10-18,22H,2-9H2,1H3,(H2,31,32,33,34). The molecule has 1 heterocycles. The lowest BCUT2D eigenvalue weighted by Gasteiger charge is -2.23. The van der Waals surface area contributed by atoms with Gasteiger partial charge in [0.05, 0.1) is 6.10 Å². The number of nitrogens with one attached hydrogen (secondary N) is 2. The minimum atomic E-state index is -4.59. The second-order valence-electron chi connectivity index (χ2n) is 8.91. The molecule has 1 saturated carbocycles. The Morgan fingerprint density at radius 3 is 2.23 bits per heavy atom. The number of unbranched alkanes of at least 4 members (excludes halogenated alkanes) is 1. The molecule has 0 saturated heterocycles. The molecule has 4 rings (SSSR count). The van der Waals surface area contributed by atoms with E-state index in [1.165, 1.54) is 12.0 Å². The minimum absolute atomic E-state index is 0.0825. The number of benzene rings is 2. The number of rotatable bonds is 9. The van der Waals surface area contributed by atoms with Crippen molar-refractivity contribution < 1.29 is 17.9 Å². The first-order valence-electron chi connectivity index (χ1n) is 12.2. The van der Waals surface area contributed by atoms with Crippen molar-refractivity contribution in [3.8, 4) is 5.75 Å². The van der Waals surface area contributed by atoms with Crippen LogP contribution in [0.2, 0.25) is 0 Å². The molecule has 1 aliphatic carbocycles. The van der Waals surface area contributed by atoms with Crippen molar-refractivity contribution in [2.24, 2.45) is 0 Å². The van der Waals surface area contributed by atoms with Crippen LogP contribution in [0.25, 0.3) is 0 Å². The lowest BCUT2D eigenvalue weighted by atomic mass is 9.98. The van der Waals surface area contributed by atoms with Crippen molar-refractivity contribution in [3.63, 3.8) is 0 Å². The number of anilines is 4. The van der Waals surface area contributed by atoms with E-state index in [0.717, 1.165) is 51.1 Å². The van der Waals surface area contributed by atoms with Crippen LogP contribution in [-0.2, 0) is 12.6 Å². The molecule has 0 bridgehead atoms. The summed E-state index contributed by atoms with van der Waals surface area (Å²) in [6.45, 7) is 2.14. The van der Waals surface area contributed by atoms with E-state index in [9.17, 15) is 13.2 Å². The number of hydrogen-bond donors (Lipinski definition) is 2. The van der Waals surface area contributed by atoms with E-state index in [-0.39, 0.29) is 17.9 Å². The van der Waals surface area contributed by atoms with E-state index >= 15 is 0 Å². The fraction of sp³-hybridized carbons (Fsp3) is 0.407. The van der Waals surface area contributed by atoms with Crippen LogP contribution in [0.4, 0.5) is 36.3 Å². The smallest absolute Gasteiger partial charge is 0.421 e. The van der Waals surface area contributed by atoms with Crippen molar-refractivity contribution in [1.29, 1.82) is 0 Å². The van der Waals surface area contributed by atoms with Gasteiger partial charge in [-0.15, -0.1) is 0 Å². The van der Waals surface area contributed by atoms with Gasteiger partial charge in [-0.3, -0.25) is 0 Å². The first-order valence-corrected chi connectivity index (χ1v) is 12.2. The zero-order valence-electron chi connectivity index (χ0n) is 19.9. The maximum absolute atomic E-state index is 13.6. The molecule has 0 spiro atoms. The highest BCUT2D eigenvalue weighted by Gasteiger charge is 2.35. The Hall–Kier alpha value is -3.29. The van der Waals surface area contributed by atoms with E-state index in [0.29, 0.717) is 17.1 Å². The molecule has 8 heteroatoms. The van der Waals surface area contributed by atoms with Crippen LogP contribution in [0, 0.1) is 0 Å².